The van der Waals surface area contributed by atoms with E-state index in [4.69, 9.17) is 4.84 Å². The second-order valence-electron chi connectivity index (χ2n) is 5.01. The van der Waals surface area contributed by atoms with Gasteiger partial charge in [-0.2, -0.15) is 0 Å². The molecule has 0 aromatic carbocycles. The molecule has 0 saturated carbocycles. The highest BCUT2D eigenvalue weighted by atomic mass is 16.7. The summed E-state index contributed by atoms with van der Waals surface area (Å²) in [5.74, 6) is 0. The van der Waals surface area contributed by atoms with Gasteiger partial charge in [0.1, 0.15) is 0 Å². The lowest BCUT2D eigenvalue weighted by atomic mass is 10.1. The number of hydrogen-bond acceptors (Lipinski definition) is 3. The van der Waals surface area contributed by atoms with Gasteiger partial charge in [-0.15, -0.1) is 0 Å². The Morgan fingerprint density at radius 2 is 2.06 bits per heavy atom. The molecule has 17 heavy (non-hydrogen) atoms. The first-order chi connectivity index (χ1) is 8.08. The zero-order valence-corrected chi connectivity index (χ0v) is 11.4. The van der Waals surface area contributed by atoms with Crippen LogP contribution in [0.3, 0.4) is 0 Å². The largest absolute Gasteiger partial charge is 0.343 e. The number of hydroxylamine groups is 1. The summed E-state index contributed by atoms with van der Waals surface area (Å²) in [5.41, 5.74) is 4.17. The smallest absolute Gasteiger partial charge is 0.312 e. The fourth-order valence-corrected chi connectivity index (χ4v) is 1.62. The van der Waals surface area contributed by atoms with E-state index in [1.807, 2.05) is 13.8 Å². The van der Waals surface area contributed by atoms with Crippen LogP contribution in [0.4, 0.5) is 0 Å². The fourth-order valence-electron chi connectivity index (χ4n) is 1.62. The summed E-state index contributed by atoms with van der Waals surface area (Å²) in [7, 11) is 0. The second kappa shape index (κ2) is 7.20. The van der Waals surface area contributed by atoms with Crippen molar-refractivity contribution in [2.45, 2.75) is 65.5 Å². The number of hydrogen-bond donors (Lipinski definition) is 2. The molecule has 0 bridgehead atoms. The number of aliphatic imine (C=N–C) groups is 1. The Morgan fingerprint density at radius 1 is 1.29 bits per heavy atom. The minimum absolute atomic E-state index is 0.221. The number of nitrogens with zero attached hydrogens (tertiary/aromatic N) is 1. The molecule has 0 atom stereocenters. The van der Waals surface area contributed by atoms with E-state index in [1.54, 1.807) is 0 Å². The molecule has 2 N–H and O–H groups in total. The molecule has 1 rings (SSSR count). The van der Waals surface area contributed by atoms with Crippen molar-refractivity contribution in [3.05, 3.63) is 11.8 Å². The molecule has 4 heteroatoms. The van der Waals surface area contributed by atoms with Crippen LogP contribution in [0.15, 0.2) is 16.8 Å². The third-order valence-electron chi connectivity index (χ3n) is 2.36. The highest BCUT2D eigenvalue weighted by Crippen LogP contribution is 2.14. The van der Waals surface area contributed by atoms with Crippen molar-refractivity contribution in [3.8, 4) is 0 Å². The zero-order chi connectivity index (χ0) is 12.7. The van der Waals surface area contributed by atoms with Crippen molar-refractivity contribution in [2.24, 2.45) is 4.99 Å². The molecule has 0 amide bonds. The van der Waals surface area contributed by atoms with E-state index in [0.29, 0.717) is 12.1 Å². The normalized spacial score (nSPS) is 17.1. The summed E-state index contributed by atoms with van der Waals surface area (Å²) in [6, 6.07) is 1.11. The molecule has 1 aliphatic carbocycles. The van der Waals surface area contributed by atoms with E-state index in [-0.39, 0.29) is 6.04 Å². The van der Waals surface area contributed by atoms with Crippen molar-refractivity contribution in [1.82, 2.24) is 10.8 Å². The second-order valence-corrected chi connectivity index (χ2v) is 5.01. The summed E-state index contributed by atoms with van der Waals surface area (Å²) in [6.45, 7) is 8.20. The lowest BCUT2D eigenvalue weighted by molar-refractivity contribution is 0.192. The minimum atomic E-state index is 0.221. The van der Waals surface area contributed by atoms with Crippen LogP contribution < -0.4 is 10.8 Å². The Kier molecular flexibility index (Phi) is 5.87. The molecule has 0 fully saturated rings. The molecule has 98 valence electrons. The third kappa shape index (κ3) is 6.19. The number of allylic oxidation sites excluding steroid dienone is 2. The molecular formula is C13H25N3O. The standard InChI is InChI=1S/C13H25N3O/c1-10(2)14-13(15-11(3)4)17-16-12-8-6-5-7-9-12/h8,10-11,16H,5-7,9H2,1-4H3,(H,14,15). The van der Waals surface area contributed by atoms with Gasteiger partial charge < -0.3 is 10.2 Å². The van der Waals surface area contributed by atoms with Gasteiger partial charge in [-0.3, -0.25) is 0 Å². The first kappa shape index (κ1) is 13.9. The maximum Gasteiger partial charge on any atom is 0.312 e. The van der Waals surface area contributed by atoms with Gasteiger partial charge in [0.25, 0.3) is 0 Å². The number of nitrogens with one attached hydrogen (secondary N) is 2. The molecule has 1 aliphatic rings. The van der Waals surface area contributed by atoms with Crippen molar-refractivity contribution in [2.75, 3.05) is 0 Å². The van der Waals surface area contributed by atoms with E-state index in [1.165, 1.54) is 18.5 Å². The van der Waals surface area contributed by atoms with Crippen LogP contribution in [0.1, 0.15) is 53.4 Å². The number of rotatable bonds is 4. The molecule has 0 unspecified atom stereocenters. The van der Waals surface area contributed by atoms with Gasteiger partial charge in [0.05, 0.1) is 0 Å². The van der Waals surface area contributed by atoms with E-state index in [0.717, 1.165) is 12.8 Å². The molecule has 0 aromatic rings. The highest BCUT2D eigenvalue weighted by Gasteiger charge is 2.07. The predicted molar refractivity (Wildman–Crippen MR) is 71.6 cm³/mol. The van der Waals surface area contributed by atoms with Gasteiger partial charge in [-0.05, 0) is 53.4 Å². The van der Waals surface area contributed by atoms with Crippen LogP contribution in [0.2, 0.25) is 0 Å². The van der Waals surface area contributed by atoms with Gasteiger partial charge in [0.2, 0.25) is 0 Å². The summed E-state index contributed by atoms with van der Waals surface area (Å²) in [4.78, 5) is 9.92. The van der Waals surface area contributed by atoms with Crippen molar-refractivity contribution in [1.29, 1.82) is 0 Å². The van der Waals surface area contributed by atoms with Gasteiger partial charge in [-0.1, -0.05) is 6.08 Å². The molecule has 0 saturated heterocycles. The van der Waals surface area contributed by atoms with Crippen LogP contribution in [0, 0.1) is 0 Å². The molecule has 0 aromatic heterocycles. The summed E-state index contributed by atoms with van der Waals surface area (Å²) in [6.07, 6.45) is 6.92. The average Bonchev–Trinajstić information content (AvgIpc) is 2.26. The van der Waals surface area contributed by atoms with Crippen LogP contribution >= 0.6 is 0 Å². The van der Waals surface area contributed by atoms with Gasteiger partial charge in [0, 0.05) is 17.8 Å². The third-order valence-corrected chi connectivity index (χ3v) is 2.36. The Morgan fingerprint density at radius 3 is 2.59 bits per heavy atom. The highest BCUT2D eigenvalue weighted by molar-refractivity contribution is 5.73. The van der Waals surface area contributed by atoms with Crippen LogP contribution in [0.25, 0.3) is 0 Å². The Labute approximate surface area is 104 Å². The van der Waals surface area contributed by atoms with Crippen molar-refractivity contribution < 1.29 is 4.84 Å². The van der Waals surface area contributed by atoms with Crippen LogP contribution in [-0.4, -0.2) is 18.1 Å². The Hall–Kier alpha value is -1.19. The van der Waals surface area contributed by atoms with Crippen molar-refractivity contribution in [3.63, 3.8) is 0 Å². The summed E-state index contributed by atoms with van der Waals surface area (Å²) < 4.78 is 0. The van der Waals surface area contributed by atoms with E-state index >= 15 is 0 Å². The lowest BCUT2D eigenvalue weighted by Crippen LogP contribution is -2.36. The van der Waals surface area contributed by atoms with Gasteiger partial charge in [-0.25, -0.2) is 10.5 Å². The van der Waals surface area contributed by atoms with Crippen molar-refractivity contribution >= 4 is 6.02 Å². The monoisotopic (exact) mass is 239 g/mol. The van der Waals surface area contributed by atoms with E-state index < -0.39 is 0 Å². The minimum Gasteiger partial charge on any atom is -0.343 e. The average molecular weight is 239 g/mol. The number of amidine groups is 1. The van der Waals surface area contributed by atoms with Gasteiger partial charge in [0.15, 0.2) is 0 Å². The molecule has 4 nitrogen and oxygen atoms in total. The first-order valence-electron chi connectivity index (χ1n) is 6.54. The zero-order valence-electron chi connectivity index (χ0n) is 11.4. The topological polar surface area (TPSA) is 45.7 Å². The Bertz CT molecular complexity index is 282. The lowest BCUT2D eigenvalue weighted by Gasteiger charge is -2.18. The molecule has 0 radical (unpaired) electrons. The van der Waals surface area contributed by atoms with E-state index in [2.05, 4.69) is 35.7 Å². The van der Waals surface area contributed by atoms with Crippen LogP contribution in [-0.2, 0) is 4.84 Å². The molecule has 0 aliphatic heterocycles. The quantitative estimate of drug-likeness (QED) is 0.450. The van der Waals surface area contributed by atoms with Crippen LogP contribution in [0.5, 0.6) is 0 Å². The maximum atomic E-state index is 5.52. The summed E-state index contributed by atoms with van der Waals surface area (Å²) in [5, 5.41) is 3.19. The fraction of sp³-hybridized carbons (Fsp3) is 0.769. The molecule has 0 spiro atoms. The van der Waals surface area contributed by atoms with Gasteiger partial charge >= 0.3 is 6.02 Å². The molecule has 0 heterocycles. The molecular weight excluding hydrogens is 214 g/mol. The first-order valence-corrected chi connectivity index (χ1v) is 6.54. The Balaban J connectivity index is 2.45. The predicted octanol–water partition coefficient (Wildman–Crippen LogP) is 2.73. The SMILES string of the molecule is CC(C)N=C(NC(C)C)ONC1=CCCCC1. The van der Waals surface area contributed by atoms with E-state index in [9.17, 15) is 0 Å². The summed E-state index contributed by atoms with van der Waals surface area (Å²) >= 11 is 0. The maximum absolute atomic E-state index is 5.52.